The van der Waals surface area contributed by atoms with Crippen molar-refractivity contribution in [1.82, 2.24) is 4.98 Å². The first-order valence-corrected chi connectivity index (χ1v) is 5.47. The van der Waals surface area contributed by atoms with Crippen molar-refractivity contribution < 1.29 is 9.53 Å². The van der Waals surface area contributed by atoms with E-state index in [4.69, 9.17) is 10.5 Å². The number of nitrogens with one attached hydrogen (secondary N) is 1. The van der Waals surface area contributed by atoms with Gasteiger partial charge >= 0.3 is 0 Å². The molecular formula is C13H16N2O2. The van der Waals surface area contributed by atoms with Gasteiger partial charge in [-0.3, -0.25) is 4.79 Å². The van der Waals surface area contributed by atoms with Gasteiger partial charge in [-0.25, -0.2) is 0 Å². The maximum atomic E-state index is 11.1. The molecule has 0 radical (unpaired) electrons. The fourth-order valence-corrected chi connectivity index (χ4v) is 2.14. The van der Waals surface area contributed by atoms with Gasteiger partial charge in [-0.05, 0) is 37.1 Å². The van der Waals surface area contributed by atoms with Crippen molar-refractivity contribution in [3.63, 3.8) is 0 Å². The SMILES string of the molecule is COc1cc(C)c2[nH]c(C)c(CC(N)=O)c2c1. The molecule has 0 aliphatic rings. The number of primary amides is 1. The molecule has 0 saturated carbocycles. The minimum atomic E-state index is -0.325. The molecule has 2 aromatic rings. The lowest BCUT2D eigenvalue weighted by Crippen LogP contribution is -2.14. The zero-order valence-electron chi connectivity index (χ0n) is 10.3. The summed E-state index contributed by atoms with van der Waals surface area (Å²) < 4.78 is 5.24. The summed E-state index contributed by atoms with van der Waals surface area (Å²) in [6.45, 7) is 3.96. The summed E-state index contributed by atoms with van der Waals surface area (Å²) in [5.74, 6) is 0.467. The number of methoxy groups -OCH3 is 1. The topological polar surface area (TPSA) is 68.1 Å². The molecule has 0 atom stereocenters. The van der Waals surface area contributed by atoms with Crippen LogP contribution in [-0.2, 0) is 11.2 Å². The third kappa shape index (κ3) is 1.98. The number of aromatic nitrogens is 1. The number of fused-ring (bicyclic) bond motifs is 1. The van der Waals surface area contributed by atoms with Gasteiger partial charge in [0.1, 0.15) is 5.75 Å². The molecule has 1 amide bonds. The number of aryl methyl sites for hydroxylation is 2. The van der Waals surface area contributed by atoms with E-state index >= 15 is 0 Å². The van der Waals surface area contributed by atoms with Gasteiger partial charge in [0.25, 0.3) is 0 Å². The molecule has 0 unspecified atom stereocenters. The van der Waals surface area contributed by atoms with Crippen LogP contribution in [0.3, 0.4) is 0 Å². The first-order chi connectivity index (χ1) is 8.02. The van der Waals surface area contributed by atoms with E-state index in [9.17, 15) is 4.79 Å². The van der Waals surface area contributed by atoms with Gasteiger partial charge in [-0.2, -0.15) is 0 Å². The zero-order valence-corrected chi connectivity index (χ0v) is 10.3. The number of carbonyl (C=O) groups excluding carboxylic acids is 1. The van der Waals surface area contributed by atoms with Crippen molar-refractivity contribution in [2.75, 3.05) is 7.11 Å². The van der Waals surface area contributed by atoms with Gasteiger partial charge in [-0.15, -0.1) is 0 Å². The van der Waals surface area contributed by atoms with Crippen LogP contribution in [0.4, 0.5) is 0 Å². The van der Waals surface area contributed by atoms with E-state index in [0.717, 1.165) is 33.5 Å². The Labute approximate surface area is 99.8 Å². The van der Waals surface area contributed by atoms with Crippen molar-refractivity contribution >= 4 is 16.8 Å². The lowest BCUT2D eigenvalue weighted by molar-refractivity contribution is -0.117. The Hall–Kier alpha value is -1.97. The number of rotatable bonds is 3. The molecule has 0 fully saturated rings. The smallest absolute Gasteiger partial charge is 0.221 e. The van der Waals surface area contributed by atoms with E-state index in [1.165, 1.54) is 0 Å². The number of hydrogen-bond acceptors (Lipinski definition) is 2. The predicted molar refractivity (Wildman–Crippen MR) is 67.2 cm³/mol. The van der Waals surface area contributed by atoms with Crippen molar-refractivity contribution in [2.24, 2.45) is 5.73 Å². The van der Waals surface area contributed by atoms with Gasteiger partial charge in [0, 0.05) is 16.6 Å². The molecular weight excluding hydrogens is 216 g/mol. The monoisotopic (exact) mass is 232 g/mol. The van der Waals surface area contributed by atoms with E-state index in [-0.39, 0.29) is 12.3 Å². The molecule has 1 aromatic heterocycles. The summed E-state index contributed by atoms with van der Waals surface area (Å²) >= 11 is 0. The second kappa shape index (κ2) is 4.13. The van der Waals surface area contributed by atoms with E-state index < -0.39 is 0 Å². The first kappa shape index (κ1) is 11.5. The van der Waals surface area contributed by atoms with Gasteiger partial charge < -0.3 is 15.5 Å². The average Bonchev–Trinajstić information content (AvgIpc) is 2.56. The number of benzene rings is 1. The molecule has 0 spiro atoms. The van der Waals surface area contributed by atoms with Crippen molar-refractivity contribution in [2.45, 2.75) is 20.3 Å². The van der Waals surface area contributed by atoms with Gasteiger partial charge in [0.2, 0.25) is 5.91 Å². The maximum absolute atomic E-state index is 11.1. The lowest BCUT2D eigenvalue weighted by atomic mass is 10.1. The molecule has 2 rings (SSSR count). The molecule has 0 bridgehead atoms. The molecule has 3 N–H and O–H groups in total. The Morgan fingerprint density at radius 1 is 1.41 bits per heavy atom. The van der Waals surface area contributed by atoms with Gasteiger partial charge in [-0.1, -0.05) is 0 Å². The van der Waals surface area contributed by atoms with Crippen LogP contribution in [0.1, 0.15) is 16.8 Å². The molecule has 90 valence electrons. The number of aromatic amines is 1. The highest BCUT2D eigenvalue weighted by molar-refractivity contribution is 5.92. The summed E-state index contributed by atoms with van der Waals surface area (Å²) in [4.78, 5) is 14.4. The number of hydrogen-bond donors (Lipinski definition) is 2. The highest BCUT2D eigenvalue weighted by Gasteiger charge is 2.13. The second-order valence-electron chi connectivity index (χ2n) is 4.24. The number of carbonyl (C=O) groups is 1. The van der Waals surface area contributed by atoms with Crippen LogP contribution in [-0.4, -0.2) is 18.0 Å². The maximum Gasteiger partial charge on any atom is 0.221 e. The summed E-state index contributed by atoms with van der Waals surface area (Å²) in [5, 5.41) is 1.01. The number of nitrogens with two attached hydrogens (primary N) is 1. The summed E-state index contributed by atoms with van der Waals surface area (Å²) in [6, 6.07) is 3.90. The minimum Gasteiger partial charge on any atom is -0.497 e. The van der Waals surface area contributed by atoms with Crippen molar-refractivity contribution in [1.29, 1.82) is 0 Å². The third-order valence-electron chi connectivity index (χ3n) is 2.99. The number of H-pyrrole nitrogens is 1. The van der Waals surface area contributed by atoms with Crippen molar-refractivity contribution in [3.8, 4) is 5.75 Å². The van der Waals surface area contributed by atoms with E-state index in [0.29, 0.717) is 0 Å². The fourth-order valence-electron chi connectivity index (χ4n) is 2.14. The molecule has 1 heterocycles. The quantitative estimate of drug-likeness (QED) is 0.847. The van der Waals surface area contributed by atoms with Crippen LogP contribution in [0.5, 0.6) is 5.75 Å². The highest BCUT2D eigenvalue weighted by atomic mass is 16.5. The molecule has 4 heteroatoms. The summed E-state index contributed by atoms with van der Waals surface area (Å²) in [7, 11) is 1.63. The molecule has 0 aliphatic heterocycles. The molecule has 1 aromatic carbocycles. The zero-order chi connectivity index (χ0) is 12.6. The number of ether oxygens (including phenoxy) is 1. The Bertz CT molecular complexity index is 585. The predicted octanol–water partition coefficient (Wildman–Crippen LogP) is 1.82. The normalized spacial score (nSPS) is 10.8. The number of amides is 1. The summed E-state index contributed by atoms with van der Waals surface area (Å²) in [5.41, 5.74) is 9.34. The van der Waals surface area contributed by atoms with Crippen LogP contribution >= 0.6 is 0 Å². The van der Waals surface area contributed by atoms with Gasteiger partial charge in [0.15, 0.2) is 0 Å². The fraction of sp³-hybridized carbons (Fsp3) is 0.308. The lowest BCUT2D eigenvalue weighted by Gasteiger charge is -2.04. The Morgan fingerprint density at radius 3 is 2.71 bits per heavy atom. The van der Waals surface area contributed by atoms with E-state index in [2.05, 4.69) is 4.98 Å². The van der Waals surface area contributed by atoms with E-state index in [1.807, 2.05) is 26.0 Å². The van der Waals surface area contributed by atoms with Crippen LogP contribution in [0.2, 0.25) is 0 Å². The van der Waals surface area contributed by atoms with Crippen LogP contribution in [0, 0.1) is 13.8 Å². The Kier molecular flexibility index (Phi) is 2.79. The molecule has 0 aliphatic carbocycles. The highest BCUT2D eigenvalue weighted by Crippen LogP contribution is 2.29. The van der Waals surface area contributed by atoms with Crippen LogP contribution in [0.15, 0.2) is 12.1 Å². The largest absolute Gasteiger partial charge is 0.497 e. The van der Waals surface area contributed by atoms with Gasteiger partial charge in [0.05, 0.1) is 13.5 Å². The minimum absolute atomic E-state index is 0.248. The van der Waals surface area contributed by atoms with Crippen LogP contribution in [0.25, 0.3) is 10.9 Å². The van der Waals surface area contributed by atoms with Crippen LogP contribution < -0.4 is 10.5 Å². The van der Waals surface area contributed by atoms with Crippen molar-refractivity contribution in [3.05, 3.63) is 29.0 Å². The average molecular weight is 232 g/mol. The molecule has 17 heavy (non-hydrogen) atoms. The Morgan fingerprint density at radius 2 is 2.12 bits per heavy atom. The molecule has 4 nitrogen and oxygen atoms in total. The third-order valence-corrected chi connectivity index (χ3v) is 2.99. The second-order valence-corrected chi connectivity index (χ2v) is 4.24. The first-order valence-electron chi connectivity index (χ1n) is 5.47. The molecule has 0 saturated heterocycles. The summed E-state index contributed by atoms with van der Waals surface area (Å²) in [6.07, 6.45) is 0.248. The Balaban J connectivity index is 2.70. The van der Waals surface area contributed by atoms with E-state index in [1.54, 1.807) is 7.11 Å². The standard InChI is InChI=1S/C13H16N2O2/c1-7-4-9(17-3)5-11-10(6-12(14)16)8(2)15-13(7)11/h4-5,15H,6H2,1-3H3,(H2,14,16).